The van der Waals surface area contributed by atoms with E-state index in [2.05, 4.69) is 37.2 Å². The number of aryl methyl sites for hydroxylation is 1. The molecule has 87 heavy (non-hydrogen) atoms. The third-order valence-electron chi connectivity index (χ3n) is 14.4. The molecule has 10 N–H and O–H groups in total. The molecule has 2 aliphatic rings. The fourth-order valence-electron chi connectivity index (χ4n) is 9.82. The Morgan fingerprint density at radius 3 is 2.20 bits per heavy atom. The second-order valence-electron chi connectivity index (χ2n) is 20.8. The number of nitrogens with two attached hydrogens (primary N) is 1. The Morgan fingerprint density at radius 1 is 0.724 bits per heavy atom. The highest BCUT2D eigenvalue weighted by molar-refractivity contribution is 7.19. The predicted molar refractivity (Wildman–Crippen MR) is 333 cm³/mol. The third kappa shape index (κ3) is 14.5. The molecule has 30 heteroatoms. The van der Waals surface area contributed by atoms with Crippen LogP contribution in [0.5, 0.6) is 0 Å². The summed E-state index contributed by atoms with van der Waals surface area (Å²) in [5.41, 5.74) is 8.03. The summed E-state index contributed by atoms with van der Waals surface area (Å²) in [6, 6.07) is 9.58. The first-order chi connectivity index (χ1) is 42.0. The summed E-state index contributed by atoms with van der Waals surface area (Å²) in [4.78, 5) is 131. The molecule has 10 bridgehead atoms. The van der Waals surface area contributed by atoms with Gasteiger partial charge < -0.3 is 52.8 Å². The van der Waals surface area contributed by atoms with Gasteiger partial charge in [-0.1, -0.05) is 44.2 Å². The highest BCUT2D eigenvalue weighted by Gasteiger charge is 2.34. The molecule has 1 saturated carbocycles. The number of nitrogens with zero attached hydrogens (tertiary/aromatic N) is 7. The summed E-state index contributed by atoms with van der Waals surface area (Å²) in [5, 5.41) is 39.4. The summed E-state index contributed by atoms with van der Waals surface area (Å²) in [5.74, 6) is -3.45. The normalized spacial score (nSPS) is 18.8. The molecule has 4 atom stereocenters. The number of hydrogen-bond donors (Lipinski definition) is 9. The van der Waals surface area contributed by atoms with Gasteiger partial charge in [0.1, 0.15) is 70.8 Å². The Balaban J connectivity index is 1.01. The maximum absolute atomic E-state index is 14.3. The molecule has 1 aliphatic heterocycles. The van der Waals surface area contributed by atoms with E-state index in [4.69, 9.17) is 45.4 Å². The number of aromatic nitrogens is 7. The lowest BCUT2D eigenvalue weighted by Crippen LogP contribution is -2.40. The zero-order valence-electron chi connectivity index (χ0n) is 47.6. The first kappa shape index (κ1) is 62.4. The molecular weight excluding hydrogens is 1230 g/mol. The second kappa shape index (κ2) is 28.0. The fraction of sp³-hybridized carbons (Fsp3) is 0.368. The van der Waals surface area contributed by atoms with Crippen LogP contribution in [-0.2, 0) is 30.5 Å². The van der Waals surface area contributed by atoms with E-state index in [1.807, 2.05) is 19.9 Å². The molecule has 8 aromatic rings. The smallest absolute Gasteiger partial charge is 0.271 e. The van der Waals surface area contributed by atoms with Gasteiger partial charge in [-0.2, -0.15) is 0 Å². The van der Waals surface area contributed by atoms with Crippen LogP contribution in [0.3, 0.4) is 0 Å². The Hall–Kier alpha value is -7.68. The zero-order chi connectivity index (χ0) is 61.5. The van der Waals surface area contributed by atoms with Gasteiger partial charge in [0.25, 0.3) is 17.7 Å². The number of thiazole rings is 6. The van der Waals surface area contributed by atoms with Crippen LogP contribution in [0.4, 0.5) is 5.82 Å². The van der Waals surface area contributed by atoms with Crippen LogP contribution in [-0.4, -0.2) is 115 Å². The van der Waals surface area contributed by atoms with Crippen molar-refractivity contribution < 1.29 is 43.4 Å². The predicted octanol–water partition coefficient (Wildman–Crippen LogP) is 7.13. The largest absolute Gasteiger partial charge is 0.386 e. The third-order valence-corrected chi connectivity index (χ3v) is 20.3. The van der Waals surface area contributed by atoms with Crippen LogP contribution in [0.15, 0.2) is 64.8 Å². The van der Waals surface area contributed by atoms with Crippen LogP contribution < -0.4 is 43.0 Å². The molecule has 10 rings (SSSR count). The quantitative estimate of drug-likeness (QED) is 0.0554. The Kier molecular flexibility index (Phi) is 20.1. The number of methoxy groups -OCH3 is 1. The molecule has 1 aromatic carbocycles. The Bertz CT molecular complexity index is 3830. The molecule has 0 unspecified atom stereocenters. The second-order valence-corrected chi connectivity index (χ2v) is 26.8. The van der Waals surface area contributed by atoms with Gasteiger partial charge in [0.15, 0.2) is 0 Å². The number of rotatable bonds is 13. The highest BCUT2D eigenvalue weighted by Crippen LogP contribution is 2.42. The Morgan fingerprint density at radius 2 is 1.46 bits per heavy atom. The molecule has 24 nitrogen and oxygen atoms in total. The van der Waals surface area contributed by atoms with Crippen molar-refractivity contribution in [3.63, 3.8) is 0 Å². The molecule has 454 valence electrons. The lowest BCUT2D eigenvalue weighted by atomic mass is 9.81. The topological polar surface area (TPSA) is 349 Å². The number of anilines is 1. The van der Waals surface area contributed by atoms with Crippen molar-refractivity contribution in [2.24, 2.45) is 23.5 Å². The maximum Gasteiger partial charge on any atom is 0.271 e. The van der Waals surface area contributed by atoms with Gasteiger partial charge in [0.05, 0.1) is 52.8 Å². The summed E-state index contributed by atoms with van der Waals surface area (Å²) in [6.45, 7) is 5.73. The first-order valence-electron chi connectivity index (χ1n) is 27.7. The van der Waals surface area contributed by atoms with Crippen LogP contribution >= 0.6 is 68.0 Å². The average Bonchev–Trinajstić information content (AvgIpc) is 2.59. The van der Waals surface area contributed by atoms with Gasteiger partial charge in [-0.25, -0.2) is 34.9 Å². The van der Waals surface area contributed by atoms with Gasteiger partial charge in [0.2, 0.25) is 23.6 Å². The van der Waals surface area contributed by atoms with Crippen molar-refractivity contribution in [1.29, 1.82) is 0 Å². The van der Waals surface area contributed by atoms with Crippen molar-refractivity contribution in [3.8, 4) is 42.5 Å². The van der Waals surface area contributed by atoms with Crippen molar-refractivity contribution in [2.75, 3.05) is 39.1 Å². The average molecular weight is 1290 g/mol. The summed E-state index contributed by atoms with van der Waals surface area (Å²) < 4.78 is 5.46. The highest BCUT2D eigenvalue weighted by atomic mass is 32.1. The molecule has 0 saturated heterocycles. The number of carbonyl (C=O) groups excluding carboxylic acids is 7. The lowest BCUT2D eigenvalue weighted by molar-refractivity contribution is -0.128. The van der Waals surface area contributed by atoms with E-state index >= 15 is 0 Å². The van der Waals surface area contributed by atoms with E-state index in [0.717, 1.165) is 11.3 Å². The van der Waals surface area contributed by atoms with Gasteiger partial charge >= 0.3 is 0 Å². The summed E-state index contributed by atoms with van der Waals surface area (Å²) in [7, 11) is 2.95. The molecule has 8 heterocycles. The minimum Gasteiger partial charge on any atom is -0.386 e. The van der Waals surface area contributed by atoms with E-state index in [9.17, 15) is 38.7 Å². The van der Waals surface area contributed by atoms with Crippen molar-refractivity contribution in [2.45, 2.75) is 83.7 Å². The summed E-state index contributed by atoms with van der Waals surface area (Å²) >= 11 is 7.25. The number of fused-ring (bicyclic) bond motifs is 14. The van der Waals surface area contributed by atoms with E-state index in [1.165, 1.54) is 70.8 Å². The SMILES string of the molecule is CNC(=O)C[C@@H]1NC(=O)c2csc(n2)-c2ccc(-c3nc(NC(=O)C4CCC(C(=O)NCCN)CC4)cs3)nc2-c2cnc(s2)-c2csc(n2)[C@H]([C@@H](O)c2ccccc2)NC(=O)CNC(=O)c2nc(sc2COC)[C@H](C(C)C)NC(=O)c2nc1sc2C. The number of pyridine rings is 1. The lowest BCUT2D eigenvalue weighted by Gasteiger charge is -2.26. The number of aliphatic hydroxyl groups excluding tert-OH is 1. The van der Waals surface area contributed by atoms with Gasteiger partial charge in [-0.15, -0.1) is 68.0 Å². The molecule has 0 radical (unpaired) electrons. The number of carbonyl (C=O) groups is 7. The number of aliphatic hydroxyl groups is 1. The minimum absolute atomic E-state index is 0.000817. The number of amides is 7. The van der Waals surface area contributed by atoms with Crippen LogP contribution in [0.25, 0.3) is 42.5 Å². The number of benzene rings is 1. The number of nitrogens with one attached hydrogen (secondary N) is 7. The van der Waals surface area contributed by atoms with Crippen molar-refractivity contribution in [1.82, 2.24) is 66.8 Å². The molecule has 1 fully saturated rings. The number of ether oxygens (including phenoxy) is 1. The molecule has 0 spiro atoms. The Labute approximate surface area is 523 Å². The fourth-order valence-corrected chi connectivity index (χ4v) is 15.4. The van der Waals surface area contributed by atoms with E-state index in [-0.39, 0.29) is 59.7 Å². The summed E-state index contributed by atoms with van der Waals surface area (Å²) in [6.07, 6.45) is 2.42. The number of hydrogen-bond acceptors (Lipinski definition) is 23. The van der Waals surface area contributed by atoms with E-state index in [0.29, 0.717) is 117 Å². The standard InChI is InChI=1S/C57H61N15O9S6/c1-26(2)41-57-72-44(37(87-57)22-81-5)50(79)61-21-40(74)69-45(46(75)28-9-7-6-8-10-28)56-66-35(24-83-56)53-62-20-36(86-53)43-31(52-65-34(23-82-52)49(78)64-33(19-39(73)59-4)55-71-42(27(3)85-55)51(80)70-41)15-16-32(63-43)54-68-38(25-84-54)67-48(77)30-13-11-29(12-14-30)47(76)60-18-17-58/h6-10,15-16,20,23-26,29-30,33,41,45-46,75H,11-14,17-19,21-22,58H2,1-5H3,(H,59,73)(H,60,76)(H,61,79)(H,64,78)(H,67,77)(H,69,74)(H,70,80)/t29?,30?,33-,41-,45-,46-/m0/s1. The van der Waals surface area contributed by atoms with Crippen LogP contribution in [0, 0.1) is 24.7 Å². The zero-order valence-corrected chi connectivity index (χ0v) is 52.5. The van der Waals surface area contributed by atoms with Gasteiger partial charge in [-0.05, 0) is 56.2 Å². The van der Waals surface area contributed by atoms with Crippen LogP contribution in [0.2, 0.25) is 0 Å². The van der Waals surface area contributed by atoms with Crippen LogP contribution in [0.1, 0.15) is 132 Å². The molecule has 1 aliphatic carbocycles. The van der Waals surface area contributed by atoms with Gasteiger partial charge in [-0.3, -0.25) is 33.6 Å². The molecule has 7 aromatic heterocycles. The monoisotopic (exact) mass is 1290 g/mol. The van der Waals surface area contributed by atoms with Crippen molar-refractivity contribution >= 4 is 115 Å². The minimum atomic E-state index is -1.28. The van der Waals surface area contributed by atoms with E-state index in [1.54, 1.807) is 65.7 Å². The van der Waals surface area contributed by atoms with Gasteiger partial charge in [0, 0.05) is 71.9 Å². The van der Waals surface area contributed by atoms with Crippen molar-refractivity contribution in [3.05, 3.63) is 112 Å². The molecular formula is C57H61N15O9S6. The first-order valence-corrected chi connectivity index (χ1v) is 32.8. The molecule has 7 amide bonds. The van der Waals surface area contributed by atoms with E-state index < -0.39 is 60.3 Å². The maximum atomic E-state index is 14.3.